The van der Waals surface area contributed by atoms with Gasteiger partial charge in [-0.1, -0.05) is 6.92 Å². The molecule has 2 aromatic rings. The van der Waals surface area contributed by atoms with E-state index in [2.05, 4.69) is 40.6 Å². The summed E-state index contributed by atoms with van der Waals surface area (Å²) in [6.45, 7) is 7.48. The van der Waals surface area contributed by atoms with E-state index in [9.17, 15) is 0 Å². The van der Waals surface area contributed by atoms with Crippen molar-refractivity contribution in [3.05, 3.63) is 41.7 Å². The lowest BCUT2D eigenvalue weighted by Gasteiger charge is -2.34. The molecular formula is C26H42N4O4. The van der Waals surface area contributed by atoms with Crippen LogP contribution in [0.5, 0.6) is 11.5 Å². The summed E-state index contributed by atoms with van der Waals surface area (Å²) in [5, 5.41) is 10.9. The van der Waals surface area contributed by atoms with Crippen molar-refractivity contribution in [1.82, 2.24) is 20.4 Å². The van der Waals surface area contributed by atoms with Crippen LogP contribution in [-0.4, -0.2) is 81.9 Å². The molecule has 3 atom stereocenters. The standard InChI is InChI=1S/C26H42N4O4/c1-20-17-21(26-22(18-28-29-26)19-30(3)12-11-27-2)5-10-25(20)34-16-15-33-24-8-6-23(7-9-24)32-14-13-31-4/h6-9,18,20-21,25,27H,5,10-17,19H2,1-4H3,(H,28,29)/t20?,21-,25+/m0/s1. The molecule has 1 heterocycles. The average molecular weight is 475 g/mol. The first kappa shape index (κ1) is 26.5. The molecule has 8 heteroatoms. The minimum absolute atomic E-state index is 0.275. The van der Waals surface area contributed by atoms with Crippen molar-refractivity contribution in [1.29, 1.82) is 0 Å². The number of rotatable bonds is 15. The second kappa shape index (κ2) is 14.3. The number of aromatic amines is 1. The molecular weight excluding hydrogens is 432 g/mol. The number of methoxy groups -OCH3 is 1. The molecule has 0 spiro atoms. The van der Waals surface area contributed by atoms with E-state index >= 15 is 0 Å². The van der Waals surface area contributed by atoms with Crippen LogP contribution in [0.4, 0.5) is 0 Å². The Balaban J connectivity index is 1.37. The van der Waals surface area contributed by atoms with Crippen LogP contribution in [0.2, 0.25) is 0 Å². The second-order valence-electron chi connectivity index (χ2n) is 9.19. The van der Waals surface area contributed by atoms with E-state index in [1.165, 1.54) is 11.3 Å². The fraction of sp³-hybridized carbons (Fsp3) is 0.654. The lowest BCUT2D eigenvalue weighted by Crippen LogP contribution is -2.31. The fourth-order valence-electron chi connectivity index (χ4n) is 4.58. The first-order chi connectivity index (χ1) is 16.6. The van der Waals surface area contributed by atoms with Crippen LogP contribution in [0, 0.1) is 5.92 Å². The van der Waals surface area contributed by atoms with Crippen LogP contribution < -0.4 is 14.8 Å². The van der Waals surface area contributed by atoms with Crippen LogP contribution in [-0.2, 0) is 16.0 Å². The predicted molar refractivity (Wildman–Crippen MR) is 134 cm³/mol. The maximum atomic E-state index is 6.20. The number of H-pyrrole nitrogens is 1. The monoisotopic (exact) mass is 474 g/mol. The van der Waals surface area contributed by atoms with Gasteiger partial charge >= 0.3 is 0 Å². The number of likely N-dealkylation sites (N-methyl/N-ethyl adjacent to an activating group) is 2. The third-order valence-corrected chi connectivity index (χ3v) is 6.48. The van der Waals surface area contributed by atoms with Crippen molar-refractivity contribution >= 4 is 0 Å². The molecule has 1 saturated carbocycles. The molecule has 3 rings (SSSR count). The van der Waals surface area contributed by atoms with Gasteiger partial charge in [-0.2, -0.15) is 5.10 Å². The highest BCUT2D eigenvalue weighted by molar-refractivity contribution is 5.31. The maximum absolute atomic E-state index is 6.20. The lowest BCUT2D eigenvalue weighted by molar-refractivity contribution is -0.0208. The Kier molecular flexibility index (Phi) is 11.1. The van der Waals surface area contributed by atoms with Crippen molar-refractivity contribution in [2.75, 3.05) is 60.7 Å². The molecule has 0 saturated heterocycles. The Morgan fingerprint density at radius 3 is 2.41 bits per heavy atom. The number of ether oxygens (including phenoxy) is 4. The van der Waals surface area contributed by atoms with Crippen molar-refractivity contribution in [2.45, 2.75) is 44.8 Å². The number of hydrogen-bond acceptors (Lipinski definition) is 7. The van der Waals surface area contributed by atoms with Gasteiger partial charge in [0.05, 0.1) is 25.0 Å². The van der Waals surface area contributed by atoms with Gasteiger partial charge in [0.2, 0.25) is 0 Å². The average Bonchev–Trinajstić information content (AvgIpc) is 3.30. The van der Waals surface area contributed by atoms with Gasteiger partial charge in [-0.05, 0) is 63.5 Å². The molecule has 0 aliphatic heterocycles. The van der Waals surface area contributed by atoms with Crippen LogP contribution >= 0.6 is 0 Å². The van der Waals surface area contributed by atoms with E-state index in [0.717, 1.165) is 50.4 Å². The molecule has 190 valence electrons. The summed E-state index contributed by atoms with van der Waals surface area (Å²) in [4.78, 5) is 2.34. The topological polar surface area (TPSA) is 80.9 Å². The zero-order valence-corrected chi connectivity index (χ0v) is 21.2. The van der Waals surface area contributed by atoms with Gasteiger partial charge in [-0.15, -0.1) is 0 Å². The van der Waals surface area contributed by atoms with Crippen molar-refractivity contribution in [3.63, 3.8) is 0 Å². The van der Waals surface area contributed by atoms with E-state index in [4.69, 9.17) is 18.9 Å². The Labute approximate surface area is 204 Å². The van der Waals surface area contributed by atoms with Crippen molar-refractivity contribution < 1.29 is 18.9 Å². The molecule has 0 bridgehead atoms. The lowest BCUT2D eigenvalue weighted by atomic mass is 9.78. The van der Waals surface area contributed by atoms with Gasteiger partial charge in [-0.25, -0.2) is 0 Å². The van der Waals surface area contributed by atoms with Crippen LogP contribution in [0.15, 0.2) is 30.5 Å². The normalized spacial score (nSPS) is 20.6. The Morgan fingerprint density at radius 1 is 1.06 bits per heavy atom. The summed E-state index contributed by atoms with van der Waals surface area (Å²) in [5.41, 5.74) is 2.55. The highest BCUT2D eigenvalue weighted by Crippen LogP contribution is 2.38. The quantitative estimate of drug-likeness (QED) is 0.383. The van der Waals surface area contributed by atoms with Crippen LogP contribution in [0.25, 0.3) is 0 Å². The zero-order valence-electron chi connectivity index (χ0n) is 21.2. The molecule has 2 N–H and O–H groups in total. The number of nitrogens with one attached hydrogen (secondary N) is 2. The Hall–Kier alpha value is -2.13. The molecule has 34 heavy (non-hydrogen) atoms. The minimum Gasteiger partial charge on any atom is -0.491 e. The summed E-state index contributed by atoms with van der Waals surface area (Å²) in [7, 11) is 5.82. The fourth-order valence-corrected chi connectivity index (χ4v) is 4.58. The van der Waals surface area contributed by atoms with E-state index in [1.807, 2.05) is 31.3 Å². The Bertz CT molecular complexity index is 813. The highest BCUT2D eigenvalue weighted by atomic mass is 16.5. The largest absolute Gasteiger partial charge is 0.491 e. The van der Waals surface area contributed by atoms with Gasteiger partial charge in [0.15, 0.2) is 0 Å². The molecule has 1 aromatic carbocycles. The first-order valence-electron chi connectivity index (χ1n) is 12.4. The highest BCUT2D eigenvalue weighted by Gasteiger charge is 2.31. The molecule has 8 nitrogen and oxygen atoms in total. The molecule has 1 aliphatic rings. The predicted octanol–water partition coefficient (Wildman–Crippen LogP) is 3.45. The first-order valence-corrected chi connectivity index (χ1v) is 12.4. The second-order valence-corrected chi connectivity index (χ2v) is 9.19. The SMILES string of the molecule is CNCCN(C)Cc1c[nH]nc1[C@H]1CC[C@@H](OCCOc2ccc(OCCOC)cc2)C(C)C1. The van der Waals surface area contributed by atoms with Gasteiger partial charge < -0.3 is 29.2 Å². The number of hydrogen-bond donors (Lipinski definition) is 2. The van der Waals surface area contributed by atoms with Gasteiger partial charge in [-0.3, -0.25) is 5.10 Å². The van der Waals surface area contributed by atoms with Crippen LogP contribution in [0.3, 0.4) is 0 Å². The summed E-state index contributed by atoms with van der Waals surface area (Å²) in [6, 6.07) is 7.68. The number of benzene rings is 1. The van der Waals surface area contributed by atoms with Crippen LogP contribution in [0.1, 0.15) is 43.4 Å². The van der Waals surface area contributed by atoms with Crippen molar-refractivity contribution in [3.8, 4) is 11.5 Å². The number of nitrogens with zero attached hydrogens (tertiary/aromatic N) is 2. The summed E-state index contributed by atoms with van der Waals surface area (Å²) >= 11 is 0. The summed E-state index contributed by atoms with van der Waals surface area (Å²) in [6.07, 6.45) is 5.61. The van der Waals surface area contributed by atoms with Gasteiger partial charge in [0.1, 0.15) is 24.7 Å². The molecule has 0 amide bonds. The zero-order chi connectivity index (χ0) is 24.2. The third-order valence-electron chi connectivity index (χ3n) is 6.48. The van der Waals surface area contributed by atoms with Gasteiger partial charge in [0.25, 0.3) is 0 Å². The minimum atomic E-state index is 0.275. The van der Waals surface area contributed by atoms with Gasteiger partial charge in [0, 0.05) is 44.4 Å². The third kappa shape index (κ3) is 8.27. The van der Waals surface area contributed by atoms with Crippen molar-refractivity contribution in [2.24, 2.45) is 5.92 Å². The summed E-state index contributed by atoms with van der Waals surface area (Å²) < 4.78 is 22.6. The van der Waals surface area contributed by atoms with E-state index in [-0.39, 0.29) is 6.10 Å². The summed E-state index contributed by atoms with van der Waals surface area (Å²) in [5.74, 6) is 2.63. The molecule has 0 radical (unpaired) electrons. The smallest absolute Gasteiger partial charge is 0.119 e. The molecule has 1 fully saturated rings. The maximum Gasteiger partial charge on any atom is 0.119 e. The molecule has 1 unspecified atom stereocenters. The van der Waals surface area contributed by atoms with E-state index < -0.39 is 0 Å². The number of aromatic nitrogens is 2. The molecule has 1 aromatic heterocycles. The van der Waals surface area contributed by atoms with E-state index in [1.54, 1.807) is 7.11 Å². The van der Waals surface area contributed by atoms with E-state index in [0.29, 0.717) is 38.3 Å². The molecule has 1 aliphatic carbocycles. The Morgan fingerprint density at radius 2 is 1.76 bits per heavy atom.